The van der Waals surface area contributed by atoms with Crippen LogP contribution in [0.15, 0.2) is 0 Å². The first-order valence-corrected chi connectivity index (χ1v) is 7.48. The maximum atomic E-state index is 11.9. The molecule has 1 rings (SSSR count). The second kappa shape index (κ2) is 9.58. The largest absolute Gasteiger partial charge is 0.481 e. The van der Waals surface area contributed by atoms with Gasteiger partial charge in [0.25, 0.3) is 0 Å². The fourth-order valence-corrected chi connectivity index (χ4v) is 2.19. The van der Waals surface area contributed by atoms with Crippen molar-refractivity contribution in [3.05, 3.63) is 0 Å². The molecule has 6 heteroatoms. The van der Waals surface area contributed by atoms with E-state index in [1.165, 1.54) is 0 Å². The van der Waals surface area contributed by atoms with Crippen molar-refractivity contribution < 1.29 is 19.4 Å². The zero-order chi connectivity index (χ0) is 14.8. The standard InChI is InChI=1S/C14H26N2O4/c1-2-3-9-20-10-5-7-15-14(19)16-8-4-6-12(11-16)13(17)18/h12H,2-11H2,1H3,(H,15,19)(H,17,18)/t12-/m1/s1. The molecule has 0 aliphatic carbocycles. The average Bonchev–Trinajstić information content (AvgIpc) is 2.46. The lowest BCUT2D eigenvalue weighted by atomic mass is 9.99. The fourth-order valence-electron chi connectivity index (χ4n) is 2.19. The van der Waals surface area contributed by atoms with Crippen LogP contribution in [0.25, 0.3) is 0 Å². The molecule has 0 unspecified atom stereocenters. The molecule has 2 amide bonds. The van der Waals surface area contributed by atoms with E-state index in [0.29, 0.717) is 32.7 Å². The van der Waals surface area contributed by atoms with Crippen molar-refractivity contribution >= 4 is 12.0 Å². The lowest BCUT2D eigenvalue weighted by Gasteiger charge is -2.30. The van der Waals surface area contributed by atoms with Crippen molar-refractivity contribution in [2.45, 2.75) is 39.0 Å². The summed E-state index contributed by atoms with van der Waals surface area (Å²) in [5.74, 6) is -1.24. The highest BCUT2D eigenvalue weighted by Gasteiger charge is 2.27. The zero-order valence-electron chi connectivity index (χ0n) is 12.3. The SMILES string of the molecule is CCCCOCCCNC(=O)N1CCC[C@@H](C(=O)O)C1. The number of carbonyl (C=O) groups excluding carboxylic acids is 1. The number of hydrogen-bond acceptors (Lipinski definition) is 3. The monoisotopic (exact) mass is 286 g/mol. The molecule has 1 fully saturated rings. The van der Waals surface area contributed by atoms with E-state index in [1.54, 1.807) is 4.90 Å². The van der Waals surface area contributed by atoms with Gasteiger partial charge >= 0.3 is 12.0 Å². The number of aliphatic carboxylic acids is 1. The Morgan fingerprint density at radius 3 is 2.80 bits per heavy atom. The lowest BCUT2D eigenvalue weighted by molar-refractivity contribution is -0.143. The number of amides is 2. The number of rotatable bonds is 8. The van der Waals surface area contributed by atoms with Crippen LogP contribution >= 0.6 is 0 Å². The molecule has 1 atom stereocenters. The van der Waals surface area contributed by atoms with Gasteiger partial charge in [0.05, 0.1) is 5.92 Å². The molecule has 2 N–H and O–H groups in total. The highest BCUT2D eigenvalue weighted by molar-refractivity contribution is 5.76. The second-order valence-corrected chi connectivity index (χ2v) is 5.17. The predicted octanol–water partition coefficient (Wildman–Crippen LogP) is 1.70. The van der Waals surface area contributed by atoms with Gasteiger partial charge < -0.3 is 20.1 Å². The third-order valence-corrected chi connectivity index (χ3v) is 3.44. The Labute approximate surface area is 120 Å². The van der Waals surface area contributed by atoms with E-state index < -0.39 is 11.9 Å². The van der Waals surface area contributed by atoms with Crippen LogP contribution in [0.4, 0.5) is 4.79 Å². The van der Waals surface area contributed by atoms with Crippen molar-refractivity contribution in [1.29, 1.82) is 0 Å². The maximum absolute atomic E-state index is 11.9. The number of carboxylic acids is 1. The molecule has 0 radical (unpaired) electrons. The van der Waals surface area contributed by atoms with E-state index in [1.807, 2.05) is 0 Å². The molecular weight excluding hydrogens is 260 g/mol. The molecule has 1 aliphatic heterocycles. The first-order chi connectivity index (χ1) is 9.65. The highest BCUT2D eigenvalue weighted by Crippen LogP contribution is 2.16. The van der Waals surface area contributed by atoms with E-state index in [2.05, 4.69) is 12.2 Å². The Morgan fingerprint density at radius 1 is 1.35 bits per heavy atom. The van der Waals surface area contributed by atoms with Gasteiger partial charge in [0.15, 0.2) is 0 Å². The van der Waals surface area contributed by atoms with Gasteiger partial charge in [-0.3, -0.25) is 4.79 Å². The Kier molecular flexibility index (Phi) is 8.02. The van der Waals surface area contributed by atoms with Crippen LogP contribution < -0.4 is 5.32 Å². The fraction of sp³-hybridized carbons (Fsp3) is 0.857. The smallest absolute Gasteiger partial charge is 0.317 e. The van der Waals surface area contributed by atoms with E-state index in [-0.39, 0.29) is 6.03 Å². The number of carboxylic acid groups (broad SMARTS) is 1. The van der Waals surface area contributed by atoms with Crippen LogP contribution in [0.3, 0.4) is 0 Å². The van der Waals surface area contributed by atoms with Gasteiger partial charge in [0.2, 0.25) is 0 Å². The molecule has 0 spiro atoms. The van der Waals surface area contributed by atoms with E-state index >= 15 is 0 Å². The van der Waals surface area contributed by atoms with Gasteiger partial charge in [-0.2, -0.15) is 0 Å². The molecular formula is C14H26N2O4. The first kappa shape index (κ1) is 16.8. The Bertz CT molecular complexity index is 310. The minimum Gasteiger partial charge on any atom is -0.481 e. The van der Waals surface area contributed by atoms with Crippen molar-refractivity contribution in [3.8, 4) is 0 Å². The third kappa shape index (κ3) is 6.23. The summed E-state index contributed by atoms with van der Waals surface area (Å²) < 4.78 is 5.41. The molecule has 1 saturated heterocycles. The second-order valence-electron chi connectivity index (χ2n) is 5.17. The number of nitrogens with one attached hydrogen (secondary N) is 1. The Balaban J connectivity index is 2.11. The number of nitrogens with zero attached hydrogens (tertiary/aromatic N) is 1. The molecule has 0 aromatic heterocycles. The first-order valence-electron chi connectivity index (χ1n) is 7.48. The van der Waals surface area contributed by atoms with Gasteiger partial charge in [-0.15, -0.1) is 0 Å². The zero-order valence-corrected chi connectivity index (χ0v) is 12.3. The normalized spacial score (nSPS) is 18.9. The lowest BCUT2D eigenvalue weighted by Crippen LogP contribution is -2.47. The molecule has 20 heavy (non-hydrogen) atoms. The van der Waals surface area contributed by atoms with Crippen molar-refractivity contribution in [2.24, 2.45) is 5.92 Å². The van der Waals surface area contributed by atoms with Crippen molar-refractivity contribution in [1.82, 2.24) is 10.2 Å². The van der Waals surface area contributed by atoms with Crippen molar-refractivity contribution in [3.63, 3.8) is 0 Å². The predicted molar refractivity (Wildman–Crippen MR) is 75.7 cm³/mol. The van der Waals surface area contributed by atoms with Crippen LogP contribution in [-0.2, 0) is 9.53 Å². The molecule has 6 nitrogen and oxygen atoms in total. The van der Waals surface area contributed by atoms with Gasteiger partial charge in [-0.1, -0.05) is 13.3 Å². The van der Waals surface area contributed by atoms with Crippen LogP contribution in [0, 0.1) is 5.92 Å². The van der Waals surface area contributed by atoms with Crippen LogP contribution in [0.2, 0.25) is 0 Å². The molecule has 1 heterocycles. The van der Waals surface area contributed by atoms with E-state index in [0.717, 1.165) is 32.3 Å². The van der Waals surface area contributed by atoms with Gasteiger partial charge in [0.1, 0.15) is 0 Å². The van der Waals surface area contributed by atoms with Crippen LogP contribution in [-0.4, -0.2) is 54.9 Å². The topological polar surface area (TPSA) is 78.9 Å². The maximum Gasteiger partial charge on any atom is 0.317 e. The van der Waals surface area contributed by atoms with E-state index in [9.17, 15) is 9.59 Å². The summed E-state index contributed by atoms with van der Waals surface area (Å²) in [5, 5.41) is 11.8. The molecule has 0 aromatic carbocycles. The minimum atomic E-state index is -0.813. The number of unbranched alkanes of at least 4 members (excludes halogenated alkanes) is 1. The quantitative estimate of drug-likeness (QED) is 0.666. The van der Waals surface area contributed by atoms with Crippen LogP contribution in [0.1, 0.15) is 39.0 Å². The summed E-state index contributed by atoms with van der Waals surface area (Å²) in [6.45, 7) is 5.07. The van der Waals surface area contributed by atoms with Gasteiger partial charge in [0, 0.05) is 32.8 Å². The number of piperidine rings is 1. The minimum absolute atomic E-state index is 0.162. The van der Waals surface area contributed by atoms with E-state index in [4.69, 9.17) is 9.84 Å². The summed E-state index contributed by atoms with van der Waals surface area (Å²) >= 11 is 0. The number of ether oxygens (including phenoxy) is 1. The number of carbonyl (C=O) groups is 2. The number of urea groups is 1. The number of likely N-dealkylation sites (tertiary alicyclic amines) is 1. The van der Waals surface area contributed by atoms with Crippen molar-refractivity contribution in [2.75, 3.05) is 32.8 Å². The molecule has 116 valence electrons. The Hall–Kier alpha value is -1.30. The number of hydrogen-bond donors (Lipinski definition) is 2. The molecule has 0 aromatic rings. The summed E-state index contributed by atoms with van der Waals surface area (Å²) in [5.41, 5.74) is 0. The Morgan fingerprint density at radius 2 is 2.10 bits per heavy atom. The molecule has 1 aliphatic rings. The summed E-state index contributed by atoms with van der Waals surface area (Å²) in [7, 11) is 0. The van der Waals surface area contributed by atoms with Crippen LogP contribution in [0.5, 0.6) is 0 Å². The van der Waals surface area contributed by atoms with Gasteiger partial charge in [-0.05, 0) is 25.7 Å². The third-order valence-electron chi connectivity index (χ3n) is 3.44. The molecule has 0 saturated carbocycles. The average molecular weight is 286 g/mol. The highest BCUT2D eigenvalue weighted by atomic mass is 16.5. The summed E-state index contributed by atoms with van der Waals surface area (Å²) in [6, 6.07) is -0.162. The summed E-state index contributed by atoms with van der Waals surface area (Å²) in [6.07, 6.45) is 4.38. The summed E-state index contributed by atoms with van der Waals surface area (Å²) in [4.78, 5) is 24.4. The molecule has 0 bridgehead atoms. The van der Waals surface area contributed by atoms with Gasteiger partial charge in [-0.25, -0.2) is 4.79 Å².